The maximum absolute atomic E-state index is 10.6. The lowest BCUT2D eigenvalue weighted by Gasteiger charge is -2.25. The minimum absolute atomic E-state index is 0.193. The molecule has 7 heteroatoms. The zero-order chi connectivity index (χ0) is 24.6. The highest BCUT2D eigenvalue weighted by atomic mass is 16.5. The van der Waals surface area contributed by atoms with Gasteiger partial charge >= 0.3 is 0 Å². The smallest absolute Gasteiger partial charge is 0.222 e. The van der Waals surface area contributed by atoms with Gasteiger partial charge in [-0.3, -0.25) is 4.90 Å². The molecule has 1 aliphatic rings. The van der Waals surface area contributed by atoms with E-state index in [9.17, 15) is 5.11 Å². The first kappa shape index (κ1) is 24.8. The van der Waals surface area contributed by atoms with E-state index in [2.05, 4.69) is 23.0 Å². The van der Waals surface area contributed by atoms with Crippen molar-refractivity contribution in [3.63, 3.8) is 0 Å². The van der Waals surface area contributed by atoms with Crippen molar-refractivity contribution in [2.75, 3.05) is 33.4 Å². The lowest BCUT2D eigenvalue weighted by atomic mass is 10.1. The fraction of sp³-hybridized carbons (Fsp3) is 0.393. The van der Waals surface area contributed by atoms with Crippen LogP contribution in [0.5, 0.6) is 17.4 Å². The molecule has 4 rings (SSSR count). The number of nitrogens with zero attached hydrogens (tertiary/aromatic N) is 3. The molecule has 1 atom stereocenters. The molecule has 1 saturated carbocycles. The van der Waals surface area contributed by atoms with Crippen LogP contribution in [0.4, 0.5) is 0 Å². The molecule has 0 saturated heterocycles. The molecule has 2 aromatic carbocycles. The van der Waals surface area contributed by atoms with Crippen LogP contribution in [-0.4, -0.2) is 59.3 Å². The monoisotopic (exact) mass is 475 g/mol. The van der Waals surface area contributed by atoms with Crippen LogP contribution >= 0.6 is 0 Å². The molecule has 0 amide bonds. The molecule has 35 heavy (non-hydrogen) atoms. The van der Waals surface area contributed by atoms with E-state index in [1.165, 1.54) is 12.8 Å². The summed E-state index contributed by atoms with van der Waals surface area (Å²) in [6.45, 7) is 2.35. The summed E-state index contributed by atoms with van der Waals surface area (Å²) in [6.07, 6.45) is 7.06. The number of aromatic nitrogens is 2. The predicted molar refractivity (Wildman–Crippen MR) is 135 cm³/mol. The minimum atomic E-state index is -0.637. The number of terminal acetylenes is 1. The number of hydrogen-bond acceptors (Lipinski definition) is 6. The Kier molecular flexibility index (Phi) is 8.43. The zero-order valence-electron chi connectivity index (χ0n) is 20.4. The Labute approximate surface area is 207 Å². The van der Waals surface area contributed by atoms with Gasteiger partial charge in [-0.25, -0.2) is 4.68 Å². The molecule has 1 aliphatic carbocycles. The molecule has 0 aliphatic heterocycles. The number of benzene rings is 2. The first-order valence-corrected chi connectivity index (χ1v) is 11.9. The van der Waals surface area contributed by atoms with Crippen LogP contribution in [0.1, 0.15) is 18.4 Å². The van der Waals surface area contributed by atoms with Gasteiger partial charge in [0.2, 0.25) is 5.88 Å². The molecular weight excluding hydrogens is 442 g/mol. The van der Waals surface area contributed by atoms with Gasteiger partial charge in [-0.05, 0) is 30.9 Å². The van der Waals surface area contributed by atoms with E-state index >= 15 is 0 Å². The summed E-state index contributed by atoms with van der Waals surface area (Å²) in [7, 11) is 3.52. The Morgan fingerprint density at radius 1 is 1.17 bits per heavy atom. The zero-order valence-corrected chi connectivity index (χ0v) is 20.4. The number of hydrogen-bond donors (Lipinski definition) is 1. The van der Waals surface area contributed by atoms with Gasteiger partial charge in [-0.1, -0.05) is 42.3 Å². The number of aryl methyl sites for hydroxylation is 1. The molecule has 1 N–H and O–H groups in total. The summed E-state index contributed by atoms with van der Waals surface area (Å²) >= 11 is 0. The second-order valence-corrected chi connectivity index (χ2v) is 8.91. The van der Waals surface area contributed by atoms with Gasteiger partial charge in [-0.2, -0.15) is 5.10 Å². The van der Waals surface area contributed by atoms with E-state index in [1.807, 2.05) is 49.5 Å². The summed E-state index contributed by atoms with van der Waals surface area (Å²) < 4.78 is 18.9. The van der Waals surface area contributed by atoms with Crippen molar-refractivity contribution < 1.29 is 19.3 Å². The minimum Gasteiger partial charge on any atom is -0.497 e. The predicted octanol–water partition coefficient (Wildman–Crippen LogP) is 4.11. The third-order valence-electron chi connectivity index (χ3n) is 5.95. The third-order valence-corrected chi connectivity index (χ3v) is 5.95. The normalized spacial score (nSPS) is 14.0. The van der Waals surface area contributed by atoms with Crippen molar-refractivity contribution >= 4 is 0 Å². The van der Waals surface area contributed by atoms with Gasteiger partial charge in [0.1, 0.15) is 23.8 Å². The molecule has 1 heterocycles. The third kappa shape index (κ3) is 6.86. The summed E-state index contributed by atoms with van der Waals surface area (Å²) in [4.78, 5) is 2.27. The highest BCUT2D eigenvalue weighted by Crippen LogP contribution is 2.36. The van der Waals surface area contributed by atoms with Gasteiger partial charge < -0.3 is 19.3 Å². The standard InChI is InChI=1S/C28H33N3O4/c1-4-15-34-20-23(32)18-31(17-21-13-14-21)19-26-27(22-9-6-5-7-10-22)29-30(2)28(26)35-25-12-8-11-24(16-25)33-3/h1,5-12,16,21,23,32H,13-15,17-20H2,2-3H3/t23-/m0/s1. The highest BCUT2D eigenvalue weighted by Gasteiger charge is 2.28. The fourth-order valence-electron chi connectivity index (χ4n) is 4.12. The quantitative estimate of drug-likeness (QED) is 0.296. The Morgan fingerprint density at radius 2 is 1.94 bits per heavy atom. The molecule has 0 spiro atoms. The summed E-state index contributed by atoms with van der Waals surface area (Å²) in [5, 5.41) is 15.4. The molecule has 3 aromatic rings. The molecule has 1 aromatic heterocycles. The second kappa shape index (κ2) is 11.9. The summed E-state index contributed by atoms with van der Waals surface area (Å²) in [5.41, 5.74) is 2.85. The first-order valence-electron chi connectivity index (χ1n) is 11.9. The summed E-state index contributed by atoms with van der Waals surface area (Å²) in [6, 6.07) is 17.6. The van der Waals surface area contributed by atoms with Crippen molar-refractivity contribution in [1.82, 2.24) is 14.7 Å². The number of aliphatic hydroxyl groups excluding tert-OH is 1. The van der Waals surface area contributed by atoms with Gasteiger partial charge in [0, 0.05) is 38.3 Å². The van der Waals surface area contributed by atoms with Crippen molar-refractivity contribution in [3.8, 4) is 41.0 Å². The summed E-state index contributed by atoms with van der Waals surface area (Å²) in [5.74, 6) is 5.14. The van der Waals surface area contributed by atoms with Crippen LogP contribution in [0.2, 0.25) is 0 Å². The molecule has 0 bridgehead atoms. The molecule has 1 fully saturated rings. The maximum Gasteiger partial charge on any atom is 0.222 e. The number of ether oxygens (including phenoxy) is 3. The van der Waals surface area contributed by atoms with Crippen LogP contribution in [0.3, 0.4) is 0 Å². The average molecular weight is 476 g/mol. The number of methoxy groups -OCH3 is 1. The topological polar surface area (TPSA) is 69.0 Å². The van der Waals surface area contributed by atoms with Crippen molar-refractivity contribution in [2.45, 2.75) is 25.5 Å². The number of aliphatic hydroxyl groups is 1. The SMILES string of the molecule is C#CCOC[C@@H](O)CN(Cc1c(-c2ccccc2)nn(C)c1Oc1cccc(OC)c1)CC1CC1. The Balaban J connectivity index is 1.64. The molecule has 184 valence electrons. The Bertz CT molecular complexity index is 1130. The van der Waals surface area contributed by atoms with Crippen LogP contribution in [0.25, 0.3) is 11.3 Å². The lowest BCUT2D eigenvalue weighted by Crippen LogP contribution is -2.36. The largest absolute Gasteiger partial charge is 0.497 e. The van der Waals surface area contributed by atoms with E-state index < -0.39 is 6.10 Å². The molecule has 0 radical (unpaired) electrons. The molecule has 7 nitrogen and oxygen atoms in total. The van der Waals surface area contributed by atoms with Gasteiger partial charge in [-0.15, -0.1) is 6.42 Å². The maximum atomic E-state index is 10.6. The van der Waals surface area contributed by atoms with Crippen molar-refractivity contribution in [2.24, 2.45) is 13.0 Å². The van der Waals surface area contributed by atoms with E-state index in [1.54, 1.807) is 11.8 Å². The van der Waals surface area contributed by atoms with E-state index in [0.717, 1.165) is 29.1 Å². The van der Waals surface area contributed by atoms with Crippen LogP contribution < -0.4 is 9.47 Å². The van der Waals surface area contributed by atoms with Crippen LogP contribution in [0.15, 0.2) is 54.6 Å². The first-order chi connectivity index (χ1) is 17.1. The van der Waals surface area contributed by atoms with E-state index in [4.69, 9.17) is 25.7 Å². The second-order valence-electron chi connectivity index (χ2n) is 8.91. The van der Waals surface area contributed by atoms with Crippen LogP contribution in [0, 0.1) is 18.3 Å². The Hall–Kier alpha value is -3.31. The fourth-order valence-corrected chi connectivity index (χ4v) is 4.12. The van der Waals surface area contributed by atoms with E-state index in [0.29, 0.717) is 30.6 Å². The lowest BCUT2D eigenvalue weighted by molar-refractivity contribution is 0.0250. The Morgan fingerprint density at radius 3 is 2.66 bits per heavy atom. The van der Waals surface area contributed by atoms with Crippen molar-refractivity contribution in [1.29, 1.82) is 0 Å². The molecule has 0 unspecified atom stereocenters. The van der Waals surface area contributed by atoms with Gasteiger partial charge in [0.15, 0.2) is 0 Å². The highest BCUT2D eigenvalue weighted by molar-refractivity contribution is 5.65. The van der Waals surface area contributed by atoms with E-state index in [-0.39, 0.29) is 13.2 Å². The average Bonchev–Trinajstić information content (AvgIpc) is 3.64. The number of rotatable bonds is 13. The van der Waals surface area contributed by atoms with Gasteiger partial charge in [0.25, 0.3) is 0 Å². The molecular formula is C28H33N3O4. The van der Waals surface area contributed by atoms with Crippen molar-refractivity contribution in [3.05, 3.63) is 60.2 Å². The van der Waals surface area contributed by atoms with Crippen LogP contribution in [-0.2, 0) is 18.3 Å². The van der Waals surface area contributed by atoms with Gasteiger partial charge in [0.05, 0.1) is 25.4 Å².